The number of amides is 1. The Morgan fingerprint density at radius 2 is 2.08 bits per heavy atom. The number of rotatable bonds is 8. The average molecular weight is 379 g/mol. The number of thioether (sulfide) groups is 1. The zero-order valence-corrected chi connectivity index (χ0v) is 16.3. The van der Waals surface area contributed by atoms with Gasteiger partial charge in [0.1, 0.15) is 0 Å². The maximum Gasteiger partial charge on any atom is 0.305 e. The van der Waals surface area contributed by atoms with Crippen LogP contribution >= 0.6 is 23.1 Å². The van der Waals surface area contributed by atoms with Crippen molar-refractivity contribution in [1.29, 1.82) is 0 Å². The number of methoxy groups -OCH3 is 1. The first kappa shape index (κ1) is 19.5. The highest BCUT2D eigenvalue weighted by molar-refractivity contribution is 7.98. The van der Waals surface area contributed by atoms with Crippen molar-refractivity contribution in [2.75, 3.05) is 20.7 Å². The summed E-state index contributed by atoms with van der Waals surface area (Å²) in [5.41, 5.74) is 1.71. The highest BCUT2D eigenvalue weighted by atomic mass is 32.2. The van der Waals surface area contributed by atoms with Gasteiger partial charge >= 0.3 is 5.97 Å². The van der Waals surface area contributed by atoms with Crippen LogP contribution in [0.3, 0.4) is 0 Å². The van der Waals surface area contributed by atoms with Crippen LogP contribution in [-0.4, -0.2) is 42.5 Å². The highest BCUT2D eigenvalue weighted by Gasteiger charge is 2.16. The molecule has 0 saturated carbocycles. The van der Waals surface area contributed by atoms with Gasteiger partial charge in [-0.3, -0.25) is 9.59 Å². The Bertz CT molecular complexity index is 731. The summed E-state index contributed by atoms with van der Waals surface area (Å²) in [7, 11) is 3.12. The molecule has 1 aromatic heterocycles. The van der Waals surface area contributed by atoms with Gasteiger partial charge in [0, 0.05) is 36.0 Å². The van der Waals surface area contributed by atoms with Crippen LogP contribution in [0.4, 0.5) is 0 Å². The maximum atomic E-state index is 12.7. The summed E-state index contributed by atoms with van der Waals surface area (Å²) in [6, 6.07) is 7.60. The summed E-state index contributed by atoms with van der Waals surface area (Å²) in [5.74, 6) is 0.443. The molecular weight excluding hydrogens is 356 g/mol. The van der Waals surface area contributed by atoms with Crippen LogP contribution in [0.15, 0.2) is 34.5 Å². The zero-order chi connectivity index (χ0) is 18.2. The van der Waals surface area contributed by atoms with Crippen LogP contribution in [0.5, 0.6) is 0 Å². The van der Waals surface area contributed by atoms with E-state index in [0.717, 1.165) is 21.3 Å². The van der Waals surface area contributed by atoms with E-state index in [2.05, 4.69) is 9.72 Å². The molecule has 1 amide bonds. The summed E-state index contributed by atoms with van der Waals surface area (Å²) in [6.45, 7) is 2.50. The molecule has 0 unspecified atom stereocenters. The number of benzene rings is 1. The monoisotopic (exact) mass is 378 g/mol. The van der Waals surface area contributed by atoms with Crippen LogP contribution in [0.25, 0.3) is 0 Å². The van der Waals surface area contributed by atoms with Crippen LogP contribution < -0.4 is 0 Å². The van der Waals surface area contributed by atoms with Gasteiger partial charge in [-0.25, -0.2) is 4.98 Å². The molecule has 2 aromatic rings. The van der Waals surface area contributed by atoms with E-state index >= 15 is 0 Å². The summed E-state index contributed by atoms with van der Waals surface area (Å²) in [4.78, 5) is 30.9. The molecule has 1 heterocycles. The number of esters is 1. The molecule has 0 spiro atoms. The number of aryl methyl sites for hydroxylation is 1. The molecule has 25 heavy (non-hydrogen) atoms. The SMILES string of the molecule is COC(=O)CCCN(C)C(=O)c1ccccc1SCc1csc(C)n1. The Labute approximate surface area is 156 Å². The fraction of sp³-hybridized carbons (Fsp3) is 0.389. The normalized spacial score (nSPS) is 10.5. The molecule has 1 aromatic carbocycles. The lowest BCUT2D eigenvalue weighted by Crippen LogP contribution is -2.28. The van der Waals surface area contributed by atoms with Gasteiger partial charge in [0.15, 0.2) is 0 Å². The lowest BCUT2D eigenvalue weighted by molar-refractivity contribution is -0.140. The Morgan fingerprint density at radius 1 is 1.32 bits per heavy atom. The number of hydrogen-bond donors (Lipinski definition) is 0. The van der Waals surface area contributed by atoms with Crippen LogP contribution in [0.1, 0.15) is 33.9 Å². The minimum atomic E-state index is -0.254. The zero-order valence-electron chi connectivity index (χ0n) is 14.7. The third-order valence-electron chi connectivity index (χ3n) is 3.61. The molecule has 7 heteroatoms. The molecule has 0 N–H and O–H groups in total. The molecule has 0 radical (unpaired) electrons. The van der Waals surface area contributed by atoms with E-state index in [4.69, 9.17) is 0 Å². The third-order valence-corrected chi connectivity index (χ3v) is 5.54. The minimum absolute atomic E-state index is 0.0394. The third kappa shape index (κ3) is 5.86. The summed E-state index contributed by atoms with van der Waals surface area (Å²) < 4.78 is 4.62. The van der Waals surface area contributed by atoms with Crippen molar-refractivity contribution in [3.05, 3.63) is 45.9 Å². The molecule has 0 bridgehead atoms. The largest absolute Gasteiger partial charge is 0.469 e. The summed E-state index contributed by atoms with van der Waals surface area (Å²) >= 11 is 3.24. The van der Waals surface area contributed by atoms with E-state index in [-0.39, 0.29) is 11.9 Å². The minimum Gasteiger partial charge on any atom is -0.469 e. The van der Waals surface area contributed by atoms with Crippen molar-refractivity contribution in [3.8, 4) is 0 Å². The molecule has 0 saturated heterocycles. The quantitative estimate of drug-likeness (QED) is 0.517. The van der Waals surface area contributed by atoms with Gasteiger partial charge in [0.25, 0.3) is 5.91 Å². The van der Waals surface area contributed by atoms with Crippen molar-refractivity contribution >= 4 is 35.0 Å². The lowest BCUT2D eigenvalue weighted by atomic mass is 10.2. The number of carbonyl (C=O) groups is 2. The first-order valence-corrected chi connectivity index (χ1v) is 9.83. The van der Waals surface area contributed by atoms with E-state index in [0.29, 0.717) is 24.9 Å². The van der Waals surface area contributed by atoms with Gasteiger partial charge < -0.3 is 9.64 Å². The van der Waals surface area contributed by atoms with Gasteiger partial charge in [-0.2, -0.15) is 0 Å². The Balaban J connectivity index is 1.97. The predicted octanol–water partition coefficient (Wildman–Crippen LogP) is 3.77. The molecule has 0 aliphatic rings. The van der Waals surface area contributed by atoms with E-state index in [9.17, 15) is 9.59 Å². The lowest BCUT2D eigenvalue weighted by Gasteiger charge is -2.18. The Kier molecular flexibility index (Phi) is 7.46. The number of aromatic nitrogens is 1. The summed E-state index contributed by atoms with van der Waals surface area (Å²) in [6.07, 6.45) is 0.899. The second-order valence-corrected chi connectivity index (χ2v) is 7.63. The van der Waals surface area contributed by atoms with Crippen molar-refractivity contribution < 1.29 is 14.3 Å². The molecule has 0 fully saturated rings. The van der Waals surface area contributed by atoms with Gasteiger partial charge in [-0.05, 0) is 25.5 Å². The molecule has 0 aliphatic heterocycles. The number of thiazole rings is 1. The van der Waals surface area contributed by atoms with Crippen LogP contribution in [-0.2, 0) is 15.3 Å². The highest BCUT2D eigenvalue weighted by Crippen LogP contribution is 2.27. The number of carbonyl (C=O) groups excluding carboxylic acids is 2. The van der Waals surface area contributed by atoms with E-state index in [1.54, 1.807) is 35.0 Å². The molecule has 0 aliphatic carbocycles. The Hall–Kier alpha value is -1.86. The van der Waals surface area contributed by atoms with Crippen molar-refractivity contribution in [2.45, 2.75) is 30.4 Å². The van der Waals surface area contributed by atoms with Crippen LogP contribution in [0.2, 0.25) is 0 Å². The van der Waals surface area contributed by atoms with Gasteiger partial charge in [-0.1, -0.05) is 12.1 Å². The first-order valence-electron chi connectivity index (χ1n) is 7.96. The number of hydrogen-bond acceptors (Lipinski definition) is 6. The second kappa shape index (κ2) is 9.58. The smallest absolute Gasteiger partial charge is 0.305 e. The van der Waals surface area contributed by atoms with Crippen molar-refractivity contribution in [2.24, 2.45) is 0 Å². The molecule has 0 atom stereocenters. The fourth-order valence-electron chi connectivity index (χ4n) is 2.27. The topological polar surface area (TPSA) is 59.5 Å². The van der Waals surface area contributed by atoms with Crippen molar-refractivity contribution in [3.63, 3.8) is 0 Å². The summed E-state index contributed by atoms with van der Waals surface area (Å²) in [5, 5.41) is 3.09. The van der Waals surface area contributed by atoms with Crippen molar-refractivity contribution in [1.82, 2.24) is 9.88 Å². The fourth-order valence-corrected chi connectivity index (χ4v) is 3.92. The predicted molar refractivity (Wildman–Crippen MR) is 101 cm³/mol. The van der Waals surface area contributed by atoms with Crippen LogP contribution in [0, 0.1) is 6.92 Å². The number of ether oxygens (including phenoxy) is 1. The maximum absolute atomic E-state index is 12.7. The molecule has 5 nitrogen and oxygen atoms in total. The first-order chi connectivity index (χ1) is 12.0. The molecular formula is C18H22N2O3S2. The van der Waals surface area contributed by atoms with E-state index in [1.807, 2.05) is 36.6 Å². The van der Waals surface area contributed by atoms with E-state index < -0.39 is 0 Å². The average Bonchev–Trinajstić information content (AvgIpc) is 3.04. The van der Waals surface area contributed by atoms with Gasteiger partial charge in [-0.15, -0.1) is 23.1 Å². The van der Waals surface area contributed by atoms with Gasteiger partial charge in [0.05, 0.1) is 23.4 Å². The number of nitrogens with zero attached hydrogens (tertiary/aromatic N) is 2. The molecule has 134 valence electrons. The second-order valence-electron chi connectivity index (χ2n) is 5.55. The van der Waals surface area contributed by atoms with Gasteiger partial charge in [0.2, 0.25) is 0 Å². The Morgan fingerprint density at radius 3 is 2.76 bits per heavy atom. The van der Waals surface area contributed by atoms with E-state index in [1.165, 1.54) is 7.11 Å². The standard InChI is InChI=1S/C18H22N2O3S2/c1-13-19-14(11-24-13)12-25-16-8-5-4-7-15(16)18(22)20(2)10-6-9-17(21)23-3/h4-5,7-8,11H,6,9-10,12H2,1-3H3. The molecule has 2 rings (SSSR count).